The van der Waals surface area contributed by atoms with Crippen LogP contribution in [0.2, 0.25) is 0 Å². The monoisotopic (exact) mass is 218 g/mol. The van der Waals surface area contributed by atoms with Gasteiger partial charge in [-0.1, -0.05) is 0 Å². The van der Waals surface area contributed by atoms with E-state index < -0.39 is 6.16 Å². The third-order valence-corrected chi connectivity index (χ3v) is 0.655. The highest BCUT2D eigenvalue weighted by Gasteiger charge is 1.94. The van der Waals surface area contributed by atoms with E-state index in [2.05, 4.69) is 40.2 Å². The number of hydrogen-bond donors (Lipinski definition) is 0. The Morgan fingerprint density at radius 1 is 1.33 bits per heavy atom. The van der Waals surface area contributed by atoms with Gasteiger partial charge in [0.1, 0.15) is 0 Å². The van der Waals surface area contributed by atoms with Gasteiger partial charge in [0.2, 0.25) is 0 Å². The van der Waals surface area contributed by atoms with Gasteiger partial charge in [0.05, 0.1) is 0 Å². The third-order valence-electron chi connectivity index (χ3n) is 0.126. The van der Waals surface area contributed by atoms with Crippen molar-refractivity contribution in [3.05, 3.63) is 0 Å². The van der Waals surface area contributed by atoms with E-state index in [9.17, 15) is 4.79 Å². The molecule has 0 spiro atoms. The second kappa shape index (κ2) is 3.42. The summed E-state index contributed by atoms with van der Waals surface area (Å²) in [4.78, 5) is 9.64. The molecule has 0 bridgehead atoms. The molecule has 0 aliphatic rings. The van der Waals surface area contributed by atoms with Crippen molar-refractivity contribution in [2.75, 3.05) is 0 Å². The van der Waals surface area contributed by atoms with Crippen molar-refractivity contribution in [3.8, 4) is 0 Å². The summed E-state index contributed by atoms with van der Waals surface area (Å²) in [6.07, 6.45) is -0.824. The van der Waals surface area contributed by atoms with Crippen LogP contribution in [0.4, 0.5) is 4.79 Å². The Morgan fingerprint density at radius 3 is 1.67 bits per heavy atom. The molecule has 0 heterocycles. The first-order valence-corrected chi connectivity index (χ1v) is 2.22. The minimum atomic E-state index is -0.824. The number of carbonyl (C=O) groups excluding carboxylic acids is 1. The smallest absolute Gasteiger partial charge is 0.351 e. The summed E-state index contributed by atoms with van der Waals surface area (Å²) in [5, 5.41) is 0. The maximum absolute atomic E-state index is 9.64. The second-order valence-electron chi connectivity index (χ2n) is 0.404. The van der Waals surface area contributed by atoms with Crippen molar-refractivity contribution in [1.29, 1.82) is 0 Å². The molecular formula is CBr2O3. The summed E-state index contributed by atoms with van der Waals surface area (Å²) < 4.78 is 7.61. The van der Waals surface area contributed by atoms with E-state index in [1.165, 1.54) is 0 Å². The van der Waals surface area contributed by atoms with E-state index in [0.717, 1.165) is 0 Å². The molecule has 0 amide bonds. The predicted octanol–water partition coefficient (Wildman–Crippen LogP) is 1.76. The molecular weight excluding hydrogens is 220 g/mol. The largest absolute Gasteiger partial charge is 0.532 e. The fraction of sp³-hybridized carbons (Fsp3) is 0. The Bertz CT molecular complexity index is 46.8. The molecule has 0 aliphatic heterocycles. The molecule has 3 nitrogen and oxygen atoms in total. The maximum Gasteiger partial charge on any atom is 0.532 e. The van der Waals surface area contributed by atoms with E-state index in [1.54, 1.807) is 0 Å². The van der Waals surface area contributed by atoms with E-state index in [0.29, 0.717) is 0 Å². The summed E-state index contributed by atoms with van der Waals surface area (Å²) in [6.45, 7) is 0. The molecule has 0 aromatic rings. The molecule has 36 valence electrons. The van der Waals surface area contributed by atoms with Crippen LogP contribution < -0.4 is 0 Å². The lowest BCUT2D eigenvalue weighted by atomic mass is 11.5. The summed E-state index contributed by atoms with van der Waals surface area (Å²) in [5.74, 6) is 0. The van der Waals surface area contributed by atoms with Gasteiger partial charge < -0.3 is 7.66 Å². The van der Waals surface area contributed by atoms with Crippen molar-refractivity contribution in [1.82, 2.24) is 0 Å². The quantitative estimate of drug-likeness (QED) is 0.623. The number of halogens is 2. The first-order chi connectivity index (χ1) is 2.81. The van der Waals surface area contributed by atoms with Gasteiger partial charge in [0, 0.05) is 0 Å². The Labute approximate surface area is 51.5 Å². The van der Waals surface area contributed by atoms with E-state index in [-0.39, 0.29) is 0 Å². The average Bonchev–Trinajstić information content (AvgIpc) is 1.65. The summed E-state index contributed by atoms with van der Waals surface area (Å²) >= 11 is 4.74. The van der Waals surface area contributed by atoms with Crippen LogP contribution in [0, 0.1) is 0 Å². The van der Waals surface area contributed by atoms with Gasteiger partial charge in [-0.25, -0.2) is 4.79 Å². The van der Waals surface area contributed by atoms with Crippen LogP contribution in [-0.4, -0.2) is 6.16 Å². The molecule has 0 saturated heterocycles. The van der Waals surface area contributed by atoms with E-state index in [1.807, 2.05) is 0 Å². The normalized spacial score (nSPS) is 7.00. The lowest BCUT2D eigenvalue weighted by Gasteiger charge is -1.82. The number of rotatable bonds is 0. The van der Waals surface area contributed by atoms with Crippen LogP contribution in [0.1, 0.15) is 0 Å². The highest BCUT2D eigenvalue weighted by molar-refractivity contribution is 9.06. The fourth-order valence-corrected chi connectivity index (χ4v) is 0.321. The first-order valence-electron chi connectivity index (χ1n) is 0.921. The zero-order chi connectivity index (χ0) is 4.99. The van der Waals surface area contributed by atoms with Crippen LogP contribution in [0.15, 0.2) is 0 Å². The van der Waals surface area contributed by atoms with Crippen molar-refractivity contribution >= 4 is 38.7 Å². The highest BCUT2D eigenvalue weighted by Crippen LogP contribution is 1.93. The number of carbonyl (C=O) groups is 1. The van der Waals surface area contributed by atoms with Gasteiger partial charge >= 0.3 is 6.16 Å². The molecule has 0 N–H and O–H groups in total. The van der Waals surface area contributed by atoms with E-state index >= 15 is 0 Å². The lowest BCUT2D eigenvalue weighted by Crippen LogP contribution is -1.88. The molecule has 0 atom stereocenters. The summed E-state index contributed by atoms with van der Waals surface area (Å²) in [5.41, 5.74) is 0. The Kier molecular flexibility index (Phi) is 3.55. The highest BCUT2D eigenvalue weighted by atomic mass is 79.9. The molecule has 0 aliphatic carbocycles. The standard InChI is InChI=1S/CBr2O3/c2-5-1(4)6-3. The molecule has 0 aromatic heterocycles. The fourth-order valence-electron chi connectivity index (χ4n) is 0.0119. The van der Waals surface area contributed by atoms with Gasteiger partial charge in [-0.15, -0.1) is 0 Å². The zero-order valence-corrected chi connectivity index (χ0v) is 5.65. The maximum atomic E-state index is 9.64. The van der Waals surface area contributed by atoms with Crippen LogP contribution in [0.5, 0.6) is 0 Å². The van der Waals surface area contributed by atoms with Crippen LogP contribution >= 0.6 is 32.5 Å². The van der Waals surface area contributed by atoms with E-state index in [4.69, 9.17) is 0 Å². The molecule has 6 heavy (non-hydrogen) atoms. The predicted molar refractivity (Wildman–Crippen MR) is 25.4 cm³/mol. The average molecular weight is 220 g/mol. The third kappa shape index (κ3) is 2.47. The second-order valence-corrected chi connectivity index (χ2v) is 1.05. The van der Waals surface area contributed by atoms with Crippen LogP contribution in [0.25, 0.3) is 0 Å². The first kappa shape index (κ1) is 6.23. The molecule has 0 unspecified atom stereocenters. The Balaban J connectivity index is 2.99. The molecule has 0 saturated carbocycles. The molecule has 0 fully saturated rings. The molecule has 0 radical (unpaired) electrons. The summed E-state index contributed by atoms with van der Waals surface area (Å²) in [6, 6.07) is 0. The lowest BCUT2D eigenvalue weighted by molar-refractivity contribution is 0.175. The molecule has 5 heteroatoms. The van der Waals surface area contributed by atoms with Gasteiger partial charge in [0.15, 0.2) is 32.5 Å². The Hall–Kier alpha value is 0.230. The number of hydrogen-bond acceptors (Lipinski definition) is 3. The summed E-state index contributed by atoms with van der Waals surface area (Å²) in [7, 11) is 0. The van der Waals surface area contributed by atoms with Gasteiger partial charge in [0.25, 0.3) is 0 Å². The van der Waals surface area contributed by atoms with Crippen molar-refractivity contribution in [3.63, 3.8) is 0 Å². The van der Waals surface area contributed by atoms with Crippen molar-refractivity contribution in [2.45, 2.75) is 0 Å². The zero-order valence-electron chi connectivity index (χ0n) is 2.48. The topological polar surface area (TPSA) is 35.5 Å². The molecule has 0 aromatic carbocycles. The van der Waals surface area contributed by atoms with Gasteiger partial charge in [-0.05, 0) is 0 Å². The Morgan fingerprint density at radius 2 is 1.67 bits per heavy atom. The minimum Gasteiger partial charge on any atom is -0.351 e. The van der Waals surface area contributed by atoms with Gasteiger partial charge in [-0.2, -0.15) is 0 Å². The van der Waals surface area contributed by atoms with Crippen molar-refractivity contribution in [2.24, 2.45) is 0 Å². The van der Waals surface area contributed by atoms with Crippen LogP contribution in [0.3, 0.4) is 0 Å². The molecule has 0 rings (SSSR count). The van der Waals surface area contributed by atoms with Gasteiger partial charge in [-0.3, -0.25) is 0 Å². The SMILES string of the molecule is O=C(OBr)OBr. The minimum absolute atomic E-state index is 0.824. The van der Waals surface area contributed by atoms with Crippen LogP contribution in [-0.2, 0) is 7.66 Å². The van der Waals surface area contributed by atoms with Crippen molar-refractivity contribution < 1.29 is 12.5 Å².